The quantitative estimate of drug-likeness (QED) is 0.165. The van der Waals surface area contributed by atoms with Gasteiger partial charge in [-0.05, 0) is 186 Å². The molecule has 0 fully saturated rings. The third-order valence-corrected chi connectivity index (χ3v) is 28.3. The van der Waals surface area contributed by atoms with E-state index in [0.717, 1.165) is 101 Å². The molecule has 119 heavy (non-hydrogen) atoms. The monoisotopic (exact) mass is 1510 g/mol. The highest BCUT2D eigenvalue weighted by Crippen LogP contribution is 2.64. The lowest BCUT2D eigenvalue weighted by atomic mass is 9.34. The Kier molecular flexibility index (Phi) is 11.3. The molecule has 0 N–H and O–H groups in total. The first kappa shape index (κ1) is 61.9. The van der Waals surface area contributed by atoms with Gasteiger partial charge in [-0.25, -0.2) is 0 Å². The lowest BCUT2D eigenvalue weighted by Gasteiger charge is -2.36. The maximum absolute atomic E-state index is 7.99. The van der Waals surface area contributed by atoms with Crippen molar-refractivity contribution in [3.05, 3.63) is 386 Å². The number of para-hydroxylation sites is 10. The van der Waals surface area contributed by atoms with Crippen molar-refractivity contribution < 1.29 is 9.47 Å². The summed E-state index contributed by atoms with van der Waals surface area (Å²) < 4.78 is 31.0. The van der Waals surface area contributed by atoms with E-state index in [1.807, 2.05) is 0 Å². The van der Waals surface area contributed by atoms with Gasteiger partial charge in [-0.1, -0.05) is 243 Å². The summed E-state index contributed by atoms with van der Waals surface area (Å²) in [5.74, 6) is 3.43. The molecular formula is C109H60B2N6O2. The van der Waals surface area contributed by atoms with E-state index in [1.54, 1.807) is 0 Å². The van der Waals surface area contributed by atoms with E-state index in [2.05, 4.69) is 391 Å². The van der Waals surface area contributed by atoms with Gasteiger partial charge >= 0.3 is 0 Å². The van der Waals surface area contributed by atoms with Crippen LogP contribution in [0.5, 0.6) is 23.0 Å². The molecule has 2 aliphatic carbocycles. The Morgan fingerprint density at radius 1 is 0.193 bits per heavy atom. The van der Waals surface area contributed by atoms with Crippen LogP contribution in [0.3, 0.4) is 0 Å². The zero-order valence-corrected chi connectivity index (χ0v) is 63.8. The van der Waals surface area contributed by atoms with Gasteiger partial charge in [0.25, 0.3) is 13.4 Å². The van der Waals surface area contributed by atoms with E-state index in [0.29, 0.717) is 0 Å². The fourth-order valence-electron chi connectivity index (χ4n) is 23.8. The molecular weight excluding hydrogens is 1450 g/mol. The normalized spacial score (nSPS) is 13.9. The summed E-state index contributed by atoms with van der Waals surface area (Å²) in [5.41, 5.74) is 36.8. The summed E-state index contributed by atoms with van der Waals surface area (Å²) in [6.07, 6.45) is 0. The van der Waals surface area contributed by atoms with E-state index in [-0.39, 0.29) is 13.4 Å². The minimum atomic E-state index is -0.790. The van der Waals surface area contributed by atoms with Crippen LogP contribution in [0, 0.1) is 0 Å². The zero-order chi connectivity index (χ0) is 76.7. The molecule has 1 spiro atoms. The topological polar surface area (TPSA) is 48.0 Å². The number of fused-ring (bicyclic) bond motifs is 36. The molecule has 0 unspecified atom stereocenters. The minimum absolute atomic E-state index is 0.191. The van der Waals surface area contributed by atoms with Crippen LogP contribution in [0.25, 0.3) is 187 Å². The zero-order valence-electron chi connectivity index (χ0n) is 63.8. The fourth-order valence-corrected chi connectivity index (χ4v) is 23.8. The standard InChI is InChI=1S/C109H60B2N6O2/c1-11-35-81-65(23-1)77-57-87-101(118-103-55-63(114-93-43-17-7-29-71(93)72-30-8-18-44-94(72)114)53-99-105(103)110(87)85-37-21-33-75-79-51-61(47-49-97(79)116(99)107(75)85)112-89-39-13-3-25-67(89)68-26-4-14-40-90(68)112)59-83(77)109(81)82-36-12-2-24-66(82)78-58-88-102(60-84(78)109)119-104-56-64(115-95-45-19-9-31-73(95)74-32-10-20-46-96(74)115)54-100-106(104)111(88)86-38-22-34-76-80-52-62(48-50-98(80)117(100)108(76)86)113-91-41-15-5-27-69(91)70-28-6-16-42-92(70)113/h1-60H. The highest BCUT2D eigenvalue weighted by molar-refractivity contribution is 7.00. The fraction of sp³-hybridized carbons (Fsp3) is 0.00917. The number of ether oxygens (including phenoxy) is 2. The van der Waals surface area contributed by atoms with Crippen molar-refractivity contribution >= 4 is 177 Å². The third kappa shape index (κ3) is 7.46. The largest absolute Gasteiger partial charge is 0.458 e. The number of rotatable bonds is 4. The summed E-state index contributed by atoms with van der Waals surface area (Å²) in [7, 11) is 0. The third-order valence-electron chi connectivity index (χ3n) is 28.3. The van der Waals surface area contributed by atoms with Crippen molar-refractivity contribution in [2.75, 3.05) is 0 Å². The van der Waals surface area contributed by atoms with Crippen LogP contribution in [0.4, 0.5) is 0 Å². The smallest absolute Gasteiger partial charge is 0.256 e. The van der Waals surface area contributed by atoms with E-state index in [1.165, 1.54) is 164 Å². The highest BCUT2D eigenvalue weighted by Gasteiger charge is 2.55. The van der Waals surface area contributed by atoms with E-state index in [9.17, 15) is 0 Å². The second-order valence-corrected chi connectivity index (χ2v) is 33.6. The van der Waals surface area contributed by atoms with Gasteiger partial charge in [0.05, 0.1) is 72.0 Å². The van der Waals surface area contributed by atoms with Gasteiger partial charge in [0.15, 0.2) is 0 Å². The Balaban J connectivity index is 0.652. The van der Waals surface area contributed by atoms with Crippen LogP contribution >= 0.6 is 0 Å². The number of hydrogen-bond acceptors (Lipinski definition) is 2. The second-order valence-electron chi connectivity index (χ2n) is 33.6. The van der Waals surface area contributed by atoms with Gasteiger partial charge in [0, 0.05) is 111 Å². The van der Waals surface area contributed by atoms with Crippen molar-refractivity contribution in [2.24, 2.45) is 0 Å². The van der Waals surface area contributed by atoms with Gasteiger partial charge < -0.3 is 36.9 Å². The van der Waals surface area contributed by atoms with Crippen LogP contribution in [-0.2, 0) is 5.41 Å². The molecule has 8 nitrogen and oxygen atoms in total. The first-order valence-electron chi connectivity index (χ1n) is 41.4. The summed E-state index contributed by atoms with van der Waals surface area (Å²) >= 11 is 0. The average molecular weight is 1510 g/mol. The molecule has 4 aliphatic heterocycles. The molecule has 30 rings (SSSR count). The van der Waals surface area contributed by atoms with Gasteiger partial charge in [-0.3, -0.25) is 0 Å². The molecule has 10 heteroatoms. The lowest BCUT2D eigenvalue weighted by molar-refractivity contribution is 0.484. The molecule has 0 radical (unpaired) electrons. The first-order chi connectivity index (χ1) is 59.1. The van der Waals surface area contributed by atoms with Gasteiger partial charge in [-0.15, -0.1) is 0 Å². The summed E-state index contributed by atoms with van der Waals surface area (Å²) in [4.78, 5) is 0. The maximum atomic E-state index is 7.99. The molecule has 0 saturated carbocycles. The highest BCUT2D eigenvalue weighted by atomic mass is 16.5. The maximum Gasteiger partial charge on any atom is 0.256 e. The number of aromatic nitrogens is 6. The minimum Gasteiger partial charge on any atom is -0.458 e. The van der Waals surface area contributed by atoms with Crippen LogP contribution < -0.4 is 42.3 Å². The molecule has 10 heterocycles. The van der Waals surface area contributed by atoms with Crippen LogP contribution in [0.15, 0.2) is 364 Å². The van der Waals surface area contributed by atoms with Crippen LogP contribution in [-0.4, -0.2) is 40.8 Å². The van der Waals surface area contributed by atoms with Gasteiger partial charge in [0.2, 0.25) is 0 Å². The van der Waals surface area contributed by atoms with E-state index >= 15 is 0 Å². The Hall–Kier alpha value is -15.5. The molecule has 18 aromatic carbocycles. The Morgan fingerprint density at radius 3 is 0.849 bits per heavy atom. The van der Waals surface area contributed by atoms with Crippen LogP contribution in [0.2, 0.25) is 0 Å². The molecule has 0 atom stereocenters. The first-order valence-corrected chi connectivity index (χ1v) is 41.4. The molecule has 0 saturated heterocycles. The van der Waals surface area contributed by atoms with Gasteiger partial charge in [0.1, 0.15) is 23.0 Å². The second kappa shape index (κ2) is 21.7. The average Bonchev–Trinajstić information content (AvgIpc) is 1.50. The molecule has 544 valence electrons. The molecule has 0 bridgehead atoms. The molecule has 6 aromatic heterocycles. The predicted molar refractivity (Wildman–Crippen MR) is 491 cm³/mol. The Morgan fingerprint density at radius 2 is 0.496 bits per heavy atom. The Labute approximate surface area is 680 Å². The van der Waals surface area contributed by atoms with E-state index < -0.39 is 5.41 Å². The van der Waals surface area contributed by atoms with Crippen LogP contribution in [0.1, 0.15) is 22.3 Å². The summed E-state index contributed by atoms with van der Waals surface area (Å²) in [6, 6.07) is 137. The number of hydrogen-bond donors (Lipinski definition) is 0. The van der Waals surface area contributed by atoms with Crippen molar-refractivity contribution in [1.29, 1.82) is 0 Å². The number of benzene rings is 18. The predicted octanol–water partition coefficient (Wildman–Crippen LogP) is 22.5. The van der Waals surface area contributed by atoms with Gasteiger partial charge in [-0.2, -0.15) is 0 Å². The summed E-state index contributed by atoms with van der Waals surface area (Å²) in [5, 5.41) is 14.7. The summed E-state index contributed by atoms with van der Waals surface area (Å²) in [6.45, 7) is -0.382. The van der Waals surface area contributed by atoms with E-state index in [4.69, 9.17) is 9.47 Å². The van der Waals surface area contributed by atoms with Crippen molar-refractivity contribution in [2.45, 2.75) is 5.41 Å². The molecule has 24 aromatic rings. The van der Waals surface area contributed by atoms with Crippen molar-refractivity contribution in [3.8, 4) is 79.4 Å². The SMILES string of the molecule is c1ccc2c(c1)-c1cc3c(cc1C21c2ccccc2-c2cc4c(cc21)Oc1cc(-n2c5ccccc5c5ccccc52)cc2c1B4c1cccc4c5cc(-n6c7ccccc7c7ccccc76)ccc5n-2c14)Oc1cc(-n2c4ccccc4c4ccccc42)cc2c1B3c1cccc3c4cc(-n5c6ccccc6c6ccccc65)ccc4n-2c13. The number of nitrogens with zero attached hydrogens (tertiary/aromatic N) is 6. The Bertz CT molecular complexity index is 8210. The van der Waals surface area contributed by atoms with Crippen molar-refractivity contribution in [3.63, 3.8) is 0 Å². The van der Waals surface area contributed by atoms with Crippen molar-refractivity contribution in [1.82, 2.24) is 27.4 Å². The molecule has 6 aliphatic rings. The molecule has 0 amide bonds. The lowest BCUT2D eigenvalue weighted by Crippen LogP contribution is -2.58.